The van der Waals surface area contributed by atoms with Crippen molar-refractivity contribution in [3.63, 3.8) is 0 Å². The molecule has 3 rings (SSSR count). The maximum absolute atomic E-state index is 13.0. The number of esters is 1. The molecule has 178 valence electrons. The fraction of sp³-hybridized carbons (Fsp3) is 0.409. The molecule has 0 aliphatic carbocycles. The number of carbonyl (C=O) groups excluding carboxylic acids is 3. The fourth-order valence-corrected chi connectivity index (χ4v) is 6.28. The molecule has 0 spiro atoms. The molecule has 1 aliphatic rings. The summed E-state index contributed by atoms with van der Waals surface area (Å²) in [5.41, 5.74) is 5.54. The number of benzene rings is 1. The predicted molar refractivity (Wildman–Crippen MR) is 124 cm³/mol. The molecule has 1 fully saturated rings. The molecule has 1 saturated heterocycles. The highest BCUT2D eigenvalue weighted by Crippen LogP contribution is 2.27. The number of piperidine rings is 1. The van der Waals surface area contributed by atoms with E-state index in [9.17, 15) is 22.8 Å². The van der Waals surface area contributed by atoms with Crippen LogP contribution in [0.3, 0.4) is 0 Å². The first-order valence-electron chi connectivity index (χ1n) is 10.5. The summed E-state index contributed by atoms with van der Waals surface area (Å²) in [5.74, 6) is -1.53. The first kappa shape index (κ1) is 24.9. The number of nitrogens with one attached hydrogen (secondary N) is 1. The van der Waals surface area contributed by atoms with Crippen LogP contribution in [0, 0.1) is 11.8 Å². The molecule has 2 heterocycles. The van der Waals surface area contributed by atoms with Crippen LogP contribution in [-0.2, 0) is 19.6 Å². The minimum absolute atomic E-state index is 0.0998. The Balaban J connectivity index is 1.64. The maximum Gasteiger partial charge on any atom is 0.338 e. The van der Waals surface area contributed by atoms with Gasteiger partial charge in [0.05, 0.1) is 16.0 Å². The van der Waals surface area contributed by atoms with Gasteiger partial charge in [-0.05, 0) is 60.9 Å². The van der Waals surface area contributed by atoms with Crippen LogP contribution in [0.25, 0.3) is 0 Å². The van der Waals surface area contributed by atoms with Crippen molar-refractivity contribution in [1.29, 1.82) is 0 Å². The zero-order valence-electron chi connectivity index (χ0n) is 18.6. The van der Waals surface area contributed by atoms with Crippen molar-refractivity contribution < 1.29 is 27.5 Å². The summed E-state index contributed by atoms with van der Waals surface area (Å²) in [6.07, 6.45) is -0.168. The second kappa shape index (κ2) is 10.0. The third-order valence-corrected chi connectivity index (χ3v) is 8.06. The number of anilines is 1. The number of ether oxygens (including phenoxy) is 1. The molecule has 0 radical (unpaired) electrons. The van der Waals surface area contributed by atoms with Crippen molar-refractivity contribution >= 4 is 44.1 Å². The number of carbonyl (C=O) groups is 3. The lowest BCUT2D eigenvalue weighted by Gasteiger charge is -2.34. The molecule has 3 N–H and O–H groups in total. The number of hydrogen-bond acceptors (Lipinski definition) is 7. The minimum Gasteiger partial charge on any atom is -0.449 e. The summed E-state index contributed by atoms with van der Waals surface area (Å²) >= 11 is 1.12. The van der Waals surface area contributed by atoms with Crippen LogP contribution in [0.2, 0.25) is 0 Å². The van der Waals surface area contributed by atoms with Crippen LogP contribution in [0.1, 0.15) is 47.9 Å². The van der Waals surface area contributed by atoms with Gasteiger partial charge in [0.25, 0.3) is 11.8 Å². The molecule has 3 atom stereocenters. The molecule has 33 heavy (non-hydrogen) atoms. The Morgan fingerprint density at radius 2 is 1.73 bits per heavy atom. The van der Waals surface area contributed by atoms with Crippen LogP contribution >= 0.6 is 11.3 Å². The number of hydrogen-bond donors (Lipinski definition) is 2. The van der Waals surface area contributed by atoms with Gasteiger partial charge in [0.1, 0.15) is 5.00 Å². The van der Waals surface area contributed by atoms with Gasteiger partial charge in [-0.2, -0.15) is 4.31 Å². The lowest BCUT2D eigenvalue weighted by atomic mass is 9.94. The molecular formula is C22H27N3O6S2. The molecule has 3 unspecified atom stereocenters. The molecule has 9 nitrogen and oxygen atoms in total. The van der Waals surface area contributed by atoms with Gasteiger partial charge in [0, 0.05) is 13.1 Å². The van der Waals surface area contributed by atoms with Gasteiger partial charge in [-0.15, -0.1) is 11.3 Å². The van der Waals surface area contributed by atoms with E-state index in [2.05, 4.69) is 5.32 Å². The van der Waals surface area contributed by atoms with E-state index in [1.807, 2.05) is 13.8 Å². The molecular weight excluding hydrogens is 466 g/mol. The summed E-state index contributed by atoms with van der Waals surface area (Å²) in [7, 11) is -3.67. The number of nitrogens with zero attached hydrogens (tertiary/aromatic N) is 1. The first-order chi connectivity index (χ1) is 15.5. The average Bonchev–Trinajstić information content (AvgIpc) is 3.21. The van der Waals surface area contributed by atoms with Crippen LogP contribution in [0.15, 0.2) is 40.6 Å². The zero-order valence-corrected chi connectivity index (χ0v) is 20.2. The molecule has 0 bridgehead atoms. The van der Waals surface area contributed by atoms with E-state index in [-0.39, 0.29) is 32.9 Å². The SMILES string of the molecule is CC1CC(C)CN(S(=O)(=O)c2ccc(C(=O)OC(C)C(=O)Nc3sccc3C(N)=O)cc2)C1. The average molecular weight is 494 g/mol. The normalized spacial score (nSPS) is 20.1. The van der Waals surface area contributed by atoms with E-state index in [0.29, 0.717) is 13.1 Å². The van der Waals surface area contributed by atoms with Gasteiger partial charge in [0.15, 0.2) is 6.10 Å². The van der Waals surface area contributed by atoms with Crippen molar-refractivity contribution in [1.82, 2.24) is 4.31 Å². The van der Waals surface area contributed by atoms with Crippen LogP contribution < -0.4 is 11.1 Å². The van der Waals surface area contributed by atoms with Crippen LogP contribution in [0.4, 0.5) is 5.00 Å². The molecule has 1 aliphatic heterocycles. The predicted octanol–water partition coefficient (Wildman–Crippen LogP) is 2.70. The second-order valence-electron chi connectivity index (χ2n) is 8.36. The Bertz CT molecular complexity index is 1130. The van der Waals surface area contributed by atoms with Crippen LogP contribution in [0.5, 0.6) is 0 Å². The zero-order chi connectivity index (χ0) is 24.3. The topological polar surface area (TPSA) is 136 Å². The Morgan fingerprint density at radius 3 is 2.30 bits per heavy atom. The molecule has 0 saturated carbocycles. The third kappa shape index (κ3) is 5.79. The molecule has 2 aromatic rings. The number of rotatable bonds is 7. The smallest absolute Gasteiger partial charge is 0.338 e. The van der Waals surface area contributed by atoms with E-state index < -0.39 is 33.9 Å². The molecule has 11 heteroatoms. The lowest BCUT2D eigenvalue weighted by Crippen LogP contribution is -2.42. The summed E-state index contributed by atoms with van der Waals surface area (Å²) in [5, 5.41) is 4.39. The lowest BCUT2D eigenvalue weighted by molar-refractivity contribution is -0.123. The van der Waals surface area contributed by atoms with E-state index in [0.717, 1.165) is 17.8 Å². The number of primary amides is 1. The standard InChI is InChI=1S/C22H27N3O6S2/c1-13-10-14(2)12-25(11-13)33(29,30)17-6-4-16(5-7-17)22(28)31-15(3)20(27)24-21-18(19(23)26)8-9-32-21/h4-9,13-15H,10-12H2,1-3H3,(H2,23,26)(H,24,27). The van der Waals surface area contributed by atoms with Crippen molar-refractivity contribution in [2.75, 3.05) is 18.4 Å². The van der Waals surface area contributed by atoms with Gasteiger partial charge in [-0.25, -0.2) is 13.2 Å². The van der Waals surface area contributed by atoms with E-state index >= 15 is 0 Å². The maximum atomic E-state index is 13.0. The van der Waals surface area contributed by atoms with Crippen molar-refractivity contribution in [3.05, 3.63) is 46.8 Å². The quantitative estimate of drug-likeness (QED) is 0.569. The van der Waals surface area contributed by atoms with Gasteiger partial charge in [0.2, 0.25) is 10.0 Å². The van der Waals surface area contributed by atoms with Crippen molar-refractivity contribution in [2.45, 2.75) is 38.2 Å². The summed E-state index contributed by atoms with van der Waals surface area (Å²) in [6, 6.07) is 6.94. The fourth-order valence-electron chi connectivity index (χ4n) is 3.81. The summed E-state index contributed by atoms with van der Waals surface area (Å²) in [6.45, 7) is 6.38. The minimum atomic E-state index is -3.67. The van der Waals surface area contributed by atoms with Crippen molar-refractivity contribution in [3.8, 4) is 0 Å². The highest BCUT2D eigenvalue weighted by atomic mass is 32.2. The molecule has 1 aromatic heterocycles. The Morgan fingerprint density at radius 1 is 1.12 bits per heavy atom. The van der Waals surface area contributed by atoms with Crippen molar-refractivity contribution in [2.24, 2.45) is 17.6 Å². The summed E-state index contributed by atoms with van der Waals surface area (Å²) in [4.78, 5) is 36.3. The summed E-state index contributed by atoms with van der Waals surface area (Å²) < 4.78 is 32.6. The number of thiophene rings is 1. The third-order valence-electron chi connectivity index (χ3n) is 5.38. The Labute approximate surface area is 197 Å². The highest BCUT2D eigenvalue weighted by molar-refractivity contribution is 7.89. The number of amides is 2. The van der Waals surface area contributed by atoms with Gasteiger partial charge < -0.3 is 15.8 Å². The highest BCUT2D eigenvalue weighted by Gasteiger charge is 2.32. The molecule has 2 amide bonds. The van der Waals surface area contributed by atoms with Gasteiger partial charge >= 0.3 is 5.97 Å². The second-order valence-corrected chi connectivity index (χ2v) is 11.2. The first-order valence-corrected chi connectivity index (χ1v) is 12.8. The van der Waals surface area contributed by atoms with Gasteiger partial charge in [-0.1, -0.05) is 13.8 Å². The molecule has 1 aromatic carbocycles. The Kier molecular flexibility index (Phi) is 7.55. The Hall–Kier alpha value is -2.76. The van der Waals surface area contributed by atoms with E-state index in [1.165, 1.54) is 41.6 Å². The van der Waals surface area contributed by atoms with Gasteiger partial charge in [-0.3, -0.25) is 9.59 Å². The van der Waals surface area contributed by atoms with E-state index in [1.54, 1.807) is 5.38 Å². The number of sulfonamides is 1. The largest absolute Gasteiger partial charge is 0.449 e. The number of nitrogens with two attached hydrogens (primary N) is 1. The monoisotopic (exact) mass is 493 g/mol. The van der Waals surface area contributed by atoms with E-state index in [4.69, 9.17) is 10.5 Å². The van der Waals surface area contributed by atoms with Crippen LogP contribution in [-0.4, -0.2) is 49.7 Å².